The zero-order valence-corrected chi connectivity index (χ0v) is 19.9. The second kappa shape index (κ2) is 8.78. The van der Waals surface area contributed by atoms with Gasteiger partial charge in [-0.05, 0) is 43.2 Å². The average Bonchev–Trinajstić information content (AvgIpc) is 3.53. The molecule has 2 N–H and O–H groups in total. The Kier molecular flexibility index (Phi) is 5.97. The van der Waals surface area contributed by atoms with Gasteiger partial charge in [0.05, 0.1) is 5.60 Å². The van der Waals surface area contributed by atoms with Gasteiger partial charge in [0.1, 0.15) is 0 Å². The van der Waals surface area contributed by atoms with Gasteiger partial charge in [0, 0.05) is 61.3 Å². The van der Waals surface area contributed by atoms with Crippen LogP contribution in [0.5, 0.6) is 0 Å². The van der Waals surface area contributed by atoms with Crippen LogP contribution >= 0.6 is 11.6 Å². The van der Waals surface area contributed by atoms with Crippen LogP contribution in [0.15, 0.2) is 42.7 Å². The number of likely N-dealkylation sites (tertiary alicyclic amines) is 2. The SMILES string of the molecule is C=C(C)Nc1ccn(C(=O)N2CC3CN(Cc4ccc(Cl)c(C5(O)CCCC5)c4)CC3C2)n1. The number of nitrogens with one attached hydrogen (secondary N) is 1. The number of allylic oxidation sites excluding steroid dienone is 1. The molecule has 3 heterocycles. The van der Waals surface area contributed by atoms with E-state index in [-0.39, 0.29) is 6.03 Å². The van der Waals surface area contributed by atoms with Crippen molar-refractivity contribution in [1.29, 1.82) is 0 Å². The van der Waals surface area contributed by atoms with Gasteiger partial charge in [-0.25, -0.2) is 4.79 Å². The Morgan fingerprint density at radius 2 is 1.91 bits per heavy atom. The second-order valence-electron chi connectivity index (χ2n) is 10.0. The third-order valence-corrected chi connectivity index (χ3v) is 7.66. The van der Waals surface area contributed by atoms with E-state index in [4.69, 9.17) is 11.6 Å². The first-order chi connectivity index (χ1) is 15.8. The Labute approximate surface area is 200 Å². The van der Waals surface area contributed by atoms with Gasteiger partial charge in [0.25, 0.3) is 0 Å². The van der Waals surface area contributed by atoms with Crippen LogP contribution in [0.1, 0.15) is 43.7 Å². The summed E-state index contributed by atoms with van der Waals surface area (Å²) in [5.74, 6) is 1.58. The third-order valence-electron chi connectivity index (χ3n) is 7.33. The summed E-state index contributed by atoms with van der Waals surface area (Å²) in [4.78, 5) is 17.3. The molecule has 8 heteroatoms. The number of benzene rings is 1. The molecule has 33 heavy (non-hydrogen) atoms. The monoisotopic (exact) mass is 469 g/mol. The number of fused-ring (bicyclic) bond motifs is 1. The molecule has 5 rings (SSSR count). The lowest BCUT2D eigenvalue weighted by atomic mass is 9.91. The zero-order chi connectivity index (χ0) is 23.2. The quantitative estimate of drug-likeness (QED) is 0.683. The summed E-state index contributed by atoms with van der Waals surface area (Å²) in [5.41, 5.74) is 2.09. The number of aliphatic hydroxyl groups is 1. The van der Waals surface area contributed by atoms with Crippen LogP contribution < -0.4 is 5.32 Å². The van der Waals surface area contributed by atoms with Crippen molar-refractivity contribution in [2.75, 3.05) is 31.5 Å². The zero-order valence-electron chi connectivity index (χ0n) is 19.1. The van der Waals surface area contributed by atoms with Gasteiger partial charge >= 0.3 is 6.03 Å². The lowest BCUT2D eigenvalue weighted by Gasteiger charge is -2.26. The Bertz CT molecular complexity index is 1050. The Morgan fingerprint density at radius 1 is 1.21 bits per heavy atom. The smallest absolute Gasteiger partial charge is 0.344 e. The fraction of sp³-hybridized carbons (Fsp3) is 0.520. The number of hydrogen-bond acceptors (Lipinski definition) is 5. The van der Waals surface area contributed by atoms with E-state index in [1.54, 1.807) is 12.3 Å². The van der Waals surface area contributed by atoms with Crippen LogP contribution in [0.2, 0.25) is 5.02 Å². The van der Waals surface area contributed by atoms with Crippen molar-refractivity contribution < 1.29 is 9.90 Å². The van der Waals surface area contributed by atoms with Crippen LogP contribution in [-0.4, -0.2) is 56.9 Å². The molecule has 2 aliphatic heterocycles. The minimum atomic E-state index is -0.776. The molecule has 1 saturated carbocycles. The standard InChI is InChI=1S/C25H32ClN5O2/c1-17(2)27-23-7-10-31(28-23)24(32)30-15-19-13-29(14-20(19)16-30)12-18-5-6-22(26)21(11-18)25(33)8-3-4-9-25/h5-7,10-11,19-20,33H,1,3-4,8-9,12-16H2,2H3,(H,27,28). The molecule has 176 valence electrons. The summed E-state index contributed by atoms with van der Waals surface area (Å²) in [7, 11) is 0. The van der Waals surface area contributed by atoms with Crippen molar-refractivity contribution in [3.8, 4) is 0 Å². The number of hydrogen-bond donors (Lipinski definition) is 2. The van der Waals surface area contributed by atoms with E-state index < -0.39 is 5.60 Å². The number of nitrogens with zero attached hydrogens (tertiary/aromatic N) is 4. The molecule has 0 spiro atoms. The highest BCUT2D eigenvalue weighted by Gasteiger charge is 2.42. The molecule has 3 aliphatic rings. The van der Waals surface area contributed by atoms with Crippen molar-refractivity contribution in [2.45, 2.75) is 44.8 Å². The Balaban J connectivity index is 1.19. The van der Waals surface area contributed by atoms with Gasteiger partial charge < -0.3 is 15.3 Å². The molecule has 1 aromatic heterocycles. The minimum absolute atomic E-state index is 0.0714. The molecule has 2 atom stereocenters. The van der Waals surface area contributed by atoms with E-state index in [9.17, 15) is 9.90 Å². The number of amides is 1. The minimum Gasteiger partial charge on any atom is -0.385 e. The molecule has 1 aromatic carbocycles. The van der Waals surface area contributed by atoms with Crippen molar-refractivity contribution in [2.24, 2.45) is 11.8 Å². The summed E-state index contributed by atoms with van der Waals surface area (Å²) >= 11 is 6.46. The maximum atomic E-state index is 12.9. The summed E-state index contributed by atoms with van der Waals surface area (Å²) in [6, 6.07) is 7.82. The molecule has 3 fully saturated rings. The number of aromatic nitrogens is 2. The number of anilines is 1. The van der Waals surface area contributed by atoms with Gasteiger partial charge in [-0.1, -0.05) is 43.2 Å². The van der Waals surface area contributed by atoms with Crippen LogP contribution in [-0.2, 0) is 12.1 Å². The van der Waals surface area contributed by atoms with Gasteiger partial charge in [0.15, 0.2) is 5.82 Å². The predicted molar refractivity (Wildman–Crippen MR) is 129 cm³/mol. The molecule has 0 radical (unpaired) electrons. The van der Waals surface area contributed by atoms with Crippen LogP contribution in [0.4, 0.5) is 10.6 Å². The maximum Gasteiger partial charge on any atom is 0.344 e. The first-order valence-electron chi connectivity index (χ1n) is 11.8. The molecular formula is C25H32ClN5O2. The topological polar surface area (TPSA) is 73.6 Å². The highest BCUT2D eigenvalue weighted by atomic mass is 35.5. The van der Waals surface area contributed by atoms with E-state index in [1.165, 1.54) is 10.2 Å². The lowest BCUT2D eigenvalue weighted by molar-refractivity contribution is 0.0444. The van der Waals surface area contributed by atoms with E-state index in [0.717, 1.165) is 69.7 Å². The van der Waals surface area contributed by atoms with E-state index in [2.05, 4.69) is 34.0 Å². The molecule has 1 amide bonds. The van der Waals surface area contributed by atoms with Gasteiger partial charge in [-0.2, -0.15) is 4.68 Å². The highest BCUT2D eigenvalue weighted by Crippen LogP contribution is 2.42. The van der Waals surface area contributed by atoms with E-state index in [1.807, 2.05) is 17.9 Å². The summed E-state index contributed by atoms with van der Waals surface area (Å²) in [6.45, 7) is 9.97. The fourth-order valence-electron chi connectivity index (χ4n) is 5.75. The van der Waals surface area contributed by atoms with Gasteiger partial charge in [0.2, 0.25) is 0 Å². The largest absolute Gasteiger partial charge is 0.385 e. The van der Waals surface area contributed by atoms with Crippen molar-refractivity contribution in [1.82, 2.24) is 19.6 Å². The number of halogens is 1. The van der Waals surface area contributed by atoms with E-state index in [0.29, 0.717) is 22.7 Å². The first-order valence-corrected chi connectivity index (χ1v) is 12.2. The molecule has 7 nitrogen and oxygen atoms in total. The van der Waals surface area contributed by atoms with E-state index >= 15 is 0 Å². The molecule has 2 saturated heterocycles. The summed E-state index contributed by atoms with van der Waals surface area (Å²) < 4.78 is 1.41. The third kappa shape index (κ3) is 4.54. The van der Waals surface area contributed by atoms with Crippen molar-refractivity contribution in [3.63, 3.8) is 0 Å². The highest BCUT2D eigenvalue weighted by molar-refractivity contribution is 6.31. The molecule has 1 aliphatic carbocycles. The average molecular weight is 470 g/mol. The van der Waals surface area contributed by atoms with Crippen LogP contribution in [0, 0.1) is 11.8 Å². The van der Waals surface area contributed by atoms with Crippen LogP contribution in [0.3, 0.4) is 0 Å². The normalized spacial score (nSPS) is 24.3. The number of carbonyl (C=O) groups is 1. The van der Waals surface area contributed by atoms with Crippen molar-refractivity contribution in [3.05, 3.63) is 58.9 Å². The van der Waals surface area contributed by atoms with Gasteiger partial charge in [-0.15, -0.1) is 5.10 Å². The molecular weight excluding hydrogens is 438 g/mol. The predicted octanol–water partition coefficient (Wildman–Crippen LogP) is 4.28. The molecule has 2 aromatic rings. The molecule has 0 bridgehead atoms. The van der Waals surface area contributed by atoms with Crippen LogP contribution in [0.25, 0.3) is 0 Å². The second-order valence-corrected chi connectivity index (χ2v) is 10.4. The Morgan fingerprint density at radius 3 is 2.58 bits per heavy atom. The molecule has 2 unspecified atom stereocenters. The lowest BCUT2D eigenvalue weighted by Crippen LogP contribution is -2.36. The summed E-state index contributed by atoms with van der Waals surface area (Å²) in [6.07, 6.45) is 5.37. The Hall–Kier alpha value is -2.35. The van der Waals surface area contributed by atoms with Crippen molar-refractivity contribution >= 4 is 23.4 Å². The van der Waals surface area contributed by atoms with Gasteiger partial charge in [-0.3, -0.25) is 4.90 Å². The fourth-order valence-corrected chi connectivity index (χ4v) is 6.04. The number of carbonyl (C=O) groups excluding carboxylic acids is 1. The summed E-state index contributed by atoms with van der Waals surface area (Å²) in [5, 5.41) is 19.1. The maximum absolute atomic E-state index is 12.9. The number of rotatable bonds is 5. The first kappa shape index (κ1) is 22.4.